The van der Waals surface area contributed by atoms with Gasteiger partial charge in [0.15, 0.2) is 28.1 Å². The van der Waals surface area contributed by atoms with Gasteiger partial charge in [-0.2, -0.15) is 5.10 Å². The van der Waals surface area contributed by atoms with Gasteiger partial charge in [-0.15, -0.1) is 11.3 Å². The minimum absolute atomic E-state index is 0.00827. The first-order valence-corrected chi connectivity index (χ1v) is 9.43. The first kappa shape index (κ1) is 18.7. The van der Waals surface area contributed by atoms with Crippen molar-refractivity contribution in [3.8, 4) is 5.75 Å². The van der Waals surface area contributed by atoms with Gasteiger partial charge in [0, 0.05) is 16.9 Å². The van der Waals surface area contributed by atoms with Gasteiger partial charge in [0.25, 0.3) is 5.91 Å². The molecule has 11 heteroatoms. The maximum atomic E-state index is 13.7. The third kappa shape index (κ3) is 4.54. The van der Waals surface area contributed by atoms with E-state index in [1.54, 1.807) is 10.6 Å². The van der Waals surface area contributed by atoms with Gasteiger partial charge >= 0.3 is 0 Å². The molecule has 1 aromatic carbocycles. The predicted molar refractivity (Wildman–Crippen MR) is 102 cm³/mol. The highest BCUT2D eigenvalue weighted by molar-refractivity contribution is 9.10. The molecule has 26 heavy (non-hydrogen) atoms. The summed E-state index contributed by atoms with van der Waals surface area (Å²) < 4.78 is 21.7. The molecule has 0 aliphatic heterocycles. The van der Waals surface area contributed by atoms with Gasteiger partial charge in [0.05, 0.1) is 12.1 Å². The first-order chi connectivity index (χ1) is 12.4. The number of anilines is 1. The van der Waals surface area contributed by atoms with E-state index in [1.807, 2.05) is 12.4 Å². The number of rotatable bonds is 6. The third-order valence-corrected chi connectivity index (χ3v) is 5.03. The van der Waals surface area contributed by atoms with E-state index >= 15 is 0 Å². The van der Waals surface area contributed by atoms with Crippen LogP contribution in [0.3, 0.4) is 0 Å². The van der Waals surface area contributed by atoms with E-state index < -0.39 is 11.7 Å². The number of nitrogens with one attached hydrogen (secondary N) is 2. The van der Waals surface area contributed by atoms with Crippen LogP contribution in [0.1, 0.15) is 11.5 Å². The van der Waals surface area contributed by atoms with Gasteiger partial charge in [-0.05, 0) is 30.4 Å². The molecule has 0 saturated heterocycles. The van der Waals surface area contributed by atoms with Crippen LogP contribution in [0, 0.1) is 10.6 Å². The topological polar surface area (TPSA) is 84.8 Å². The normalized spacial score (nSPS) is 10.7. The molecule has 2 aromatic heterocycles. The Morgan fingerprint density at radius 1 is 1.54 bits per heavy atom. The number of halogens is 2. The lowest BCUT2D eigenvalue weighted by Crippen LogP contribution is -2.20. The summed E-state index contributed by atoms with van der Waals surface area (Å²) in [6.07, 6.45) is 0.483. The van der Waals surface area contributed by atoms with Crippen molar-refractivity contribution in [2.75, 3.05) is 11.9 Å². The molecule has 0 bridgehead atoms. The van der Waals surface area contributed by atoms with E-state index in [0.717, 1.165) is 11.5 Å². The highest BCUT2D eigenvalue weighted by Gasteiger charge is 2.11. The zero-order valence-corrected chi connectivity index (χ0v) is 16.7. The van der Waals surface area contributed by atoms with Gasteiger partial charge in [-0.25, -0.2) is 9.37 Å². The van der Waals surface area contributed by atoms with Crippen molar-refractivity contribution >= 4 is 50.5 Å². The summed E-state index contributed by atoms with van der Waals surface area (Å²) in [6, 6.07) is 4.35. The molecule has 0 fully saturated rings. The minimum atomic E-state index is -0.545. The summed E-state index contributed by atoms with van der Waals surface area (Å²) >= 11 is 9.51. The fraction of sp³-hybridized carbons (Fsp3) is 0.200. The van der Waals surface area contributed by atoms with Crippen molar-refractivity contribution < 1.29 is 13.9 Å². The van der Waals surface area contributed by atoms with Crippen molar-refractivity contribution in [3.63, 3.8) is 0 Å². The average Bonchev–Trinajstić information content (AvgIpc) is 3.16. The maximum Gasteiger partial charge on any atom is 0.264 e. The first-order valence-electron chi connectivity index (χ1n) is 7.35. The lowest BCUT2D eigenvalue weighted by molar-refractivity contribution is -0.118. The number of amides is 1. The lowest BCUT2D eigenvalue weighted by Gasteiger charge is -2.07. The molecule has 0 unspecified atom stereocenters. The van der Waals surface area contributed by atoms with Crippen LogP contribution in [-0.4, -0.2) is 32.3 Å². The van der Waals surface area contributed by atoms with Gasteiger partial charge in [0.1, 0.15) is 5.82 Å². The Bertz CT molecular complexity index is 1000. The van der Waals surface area contributed by atoms with Crippen LogP contribution < -0.4 is 10.1 Å². The Kier molecular flexibility index (Phi) is 5.79. The molecular weight excluding hydrogens is 445 g/mol. The molecule has 136 valence electrons. The number of ether oxygens (including phenoxy) is 1. The quantitative estimate of drug-likeness (QED) is 0.553. The van der Waals surface area contributed by atoms with Crippen LogP contribution in [0.25, 0.3) is 0 Å². The predicted octanol–water partition coefficient (Wildman–Crippen LogP) is 3.44. The number of benzene rings is 1. The van der Waals surface area contributed by atoms with Crippen LogP contribution in [0.4, 0.5) is 9.52 Å². The standard InChI is InChI=1S/C15H13BrFN5O2S2/c1-22-12(20-21-15(22)25)5-9-7-26-14(18-9)19-13(23)6-24-11-3-2-8(16)4-10(11)17/h2-4,7H,5-6H2,1H3,(H,21,25)(H,18,19,23). The molecule has 7 nitrogen and oxygen atoms in total. The molecule has 2 heterocycles. The number of aromatic nitrogens is 4. The summed E-state index contributed by atoms with van der Waals surface area (Å²) in [5, 5.41) is 11.7. The molecule has 0 saturated carbocycles. The van der Waals surface area contributed by atoms with Crippen molar-refractivity contribution in [1.29, 1.82) is 0 Å². The molecule has 0 spiro atoms. The van der Waals surface area contributed by atoms with E-state index in [1.165, 1.54) is 23.5 Å². The summed E-state index contributed by atoms with van der Waals surface area (Å²) in [5.41, 5.74) is 0.752. The van der Waals surface area contributed by atoms with E-state index in [2.05, 4.69) is 36.4 Å². The Labute approximate surface area is 165 Å². The van der Waals surface area contributed by atoms with Crippen LogP contribution in [0.15, 0.2) is 28.1 Å². The zero-order chi connectivity index (χ0) is 18.7. The number of thiazole rings is 1. The number of nitrogens with zero attached hydrogens (tertiary/aromatic N) is 3. The number of carbonyl (C=O) groups excluding carboxylic acids is 1. The summed E-state index contributed by atoms with van der Waals surface area (Å²) in [4.78, 5) is 16.3. The fourth-order valence-electron chi connectivity index (χ4n) is 2.04. The number of hydrogen-bond donors (Lipinski definition) is 2. The Morgan fingerprint density at radius 2 is 2.35 bits per heavy atom. The second-order valence-electron chi connectivity index (χ2n) is 5.24. The van der Waals surface area contributed by atoms with Gasteiger partial charge in [-0.3, -0.25) is 15.2 Å². The minimum Gasteiger partial charge on any atom is -0.481 e. The van der Waals surface area contributed by atoms with Crippen LogP contribution >= 0.6 is 39.5 Å². The third-order valence-electron chi connectivity index (χ3n) is 3.36. The van der Waals surface area contributed by atoms with Crippen LogP contribution in [0.5, 0.6) is 5.75 Å². The molecule has 3 rings (SSSR count). The second-order valence-corrected chi connectivity index (χ2v) is 7.40. The molecule has 1 amide bonds. The highest BCUT2D eigenvalue weighted by Crippen LogP contribution is 2.22. The van der Waals surface area contributed by atoms with Crippen molar-refractivity contribution in [2.24, 2.45) is 7.05 Å². The van der Waals surface area contributed by atoms with Gasteiger partial charge in [0.2, 0.25) is 0 Å². The number of hydrogen-bond acceptors (Lipinski definition) is 6. The molecule has 0 aliphatic carbocycles. The summed E-state index contributed by atoms with van der Waals surface area (Å²) in [7, 11) is 1.81. The molecule has 3 aromatic rings. The molecular formula is C15H13BrFN5O2S2. The number of carbonyl (C=O) groups is 1. The monoisotopic (exact) mass is 457 g/mol. The molecule has 0 atom stereocenters. The molecule has 0 radical (unpaired) electrons. The Hall–Kier alpha value is -2.11. The summed E-state index contributed by atoms with van der Waals surface area (Å²) in [5.74, 6) is -0.218. The number of aromatic amines is 1. The van der Waals surface area contributed by atoms with Crippen molar-refractivity contribution in [3.05, 3.63) is 50.2 Å². The Balaban J connectivity index is 1.55. The SMILES string of the molecule is Cn1c(Cc2csc(NC(=O)COc3ccc(Br)cc3F)n2)n[nH]c1=S. The average molecular weight is 458 g/mol. The number of H-pyrrole nitrogens is 1. The summed E-state index contributed by atoms with van der Waals surface area (Å²) in [6.45, 7) is -0.318. The fourth-order valence-corrected chi connectivity index (χ4v) is 3.25. The van der Waals surface area contributed by atoms with E-state index in [0.29, 0.717) is 20.8 Å². The zero-order valence-electron chi connectivity index (χ0n) is 13.5. The largest absolute Gasteiger partial charge is 0.481 e. The van der Waals surface area contributed by atoms with Crippen molar-refractivity contribution in [2.45, 2.75) is 6.42 Å². The van der Waals surface area contributed by atoms with Gasteiger partial charge < -0.3 is 9.30 Å². The van der Waals surface area contributed by atoms with Gasteiger partial charge in [-0.1, -0.05) is 15.9 Å². The lowest BCUT2D eigenvalue weighted by atomic mass is 10.3. The highest BCUT2D eigenvalue weighted by atomic mass is 79.9. The second kappa shape index (κ2) is 8.06. The van der Waals surface area contributed by atoms with E-state index in [-0.39, 0.29) is 12.4 Å². The molecule has 0 aliphatic rings. The van der Waals surface area contributed by atoms with E-state index in [9.17, 15) is 9.18 Å². The van der Waals surface area contributed by atoms with Crippen LogP contribution in [-0.2, 0) is 18.3 Å². The molecule has 2 N–H and O–H groups in total. The van der Waals surface area contributed by atoms with E-state index in [4.69, 9.17) is 17.0 Å². The van der Waals surface area contributed by atoms with Crippen molar-refractivity contribution in [1.82, 2.24) is 19.7 Å². The van der Waals surface area contributed by atoms with Crippen LogP contribution in [0.2, 0.25) is 0 Å². The Morgan fingerprint density at radius 3 is 3.04 bits per heavy atom. The maximum absolute atomic E-state index is 13.7. The smallest absolute Gasteiger partial charge is 0.264 e.